The molecule has 0 N–H and O–H groups in total. The van der Waals surface area contributed by atoms with Gasteiger partial charge in [-0.3, -0.25) is 0 Å². The van der Waals surface area contributed by atoms with E-state index in [9.17, 15) is 0 Å². The smallest absolute Gasteiger partial charge is 0.0651 e. The summed E-state index contributed by atoms with van der Waals surface area (Å²) in [5.41, 5.74) is 2.49. The Bertz CT molecular complexity index is 507. The summed E-state index contributed by atoms with van der Waals surface area (Å²) in [5.74, 6) is 1.15. The minimum atomic E-state index is 0.352. The normalized spacial score (nSPS) is 12.7. The van der Waals surface area contributed by atoms with E-state index in [0.29, 0.717) is 19.1 Å². The van der Waals surface area contributed by atoms with Crippen molar-refractivity contribution in [1.29, 1.82) is 0 Å². The third kappa shape index (κ3) is 4.87. The van der Waals surface area contributed by atoms with Crippen LogP contribution < -0.4 is 0 Å². The van der Waals surface area contributed by atoms with Gasteiger partial charge in [0.2, 0.25) is 0 Å². The van der Waals surface area contributed by atoms with Gasteiger partial charge in [0.1, 0.15) is 0 Å². The Hall–Kier alpha value is -1.51. The van der Waals surface area contributed by atoms with Crippen LogP contribution in [0.4, 0.5) is 0 Å². The second-order valence-electron chi connectivity index (χ2n) is 4.64. The lowest BCUT2D eigenvalue weighted by atomic mass is 10.0. The van der Waals surface area contributed by atoms with Gasteiger partial charge in [0.15, 0.2) is 0 Å². The van der Waals surface area contributed by atoms with Crippen LogP contribution >= 0.6 is 12.6 Å². The summed E-state index contributed by atoms with van der Waals surface area (Å²) in [5, 5.41) is 0. The van der Waals surface area contributed by atoms with E-state index in [1.54, 1.807) is 0 Å². The fraction of sp³-hybridized carbons (Fsp3) is 0.222. The molecule has 1 nitrogen and oxygen atoms in total. The number of rotatable bonds is 7. The fourth-order valence-corrected chi connectivity index (χ4v) is 2.32. The molecule has 2 aromatic carbocycles. The summed E-state index contributed by atoms with van der Waals surface area (Å²) in [7, 11) is 0. The maximum Gasteiger partial charge on any atom is 0.0651 e. The van der Waals surface area contributed by atoms with Crippen molar-refractivity contribution in [3.05, 3.63) is 77.9 Å². The summed E-state index contributed by atoms with van der Waals surface area (Å²) in [4.78, 5) is 0. The highest BCUT2D eigenvalue weighted by Gasteiger charge is 2.08. The van der Waals surface area contributed by atoms with Crippen molar-refractivity contribution in [2.24, 2.45) is 0 Å². The average Bonchev–Trinajstić information content (AvgIpc) is 2.53. The molecule has 2 heteroatoms. The first-order valence-corrected chi connectivity index (χ1v) is 7.48. The zero-order valence-electron chi connectivity index (χ0n) is 11.5. The maximum absolute atomic E-state index is 5.73. The average molecular weight is 284 g/mol. The van der Waals surface area contributed by atoms with Gasteiger partial charge in [0.05, 0.1) is 13.2 Å². The molecule has 0 aliphatic carbocycles. The molecule has 0 heterocycles. The lowest BCUT2D eigenvalue weighted by molar-refractivity contribution is 0.151. The van der Waals surface area contributed by atoms with E-state index in [4.69, 9.17) is 4.74 Å². The van der Waals surface area contributed by atoms with E-state index in [-0.39, 0.29) is 0 Å². The molecular formula is C18H20OS. The molecular weight excluding hydrogens is 264 g/mol. The molecule has 20 heavy (non-hydrogen) atoms. The lowest BCUT2D eigenvalue weighted by Gasteiger charge is -2.14. The van der Waals surface area contributed by atoms with Crippen molar-refractivity contribution < 1.29 is 4.74 Å². The summed E-state index contributed by atoms with van der Waals surface area (Å²) >= 11 is 4.41. The monoisotopic (exact) mass is 284 g/mol. The first-order chi connectivity index (χ1) is 9.90. The molecule has 0 saturated heterocycles. The van der Waals surface area contributed by atoms with Gasteiger partial charge in [0, 0.05) is 5.92 Å². The number of hydrogen-bond donors (Lipinski definition) is 1. The molecule has 0 aliphatic rings. The summed E-state index contributed by atoms with van der Waals surface area (Å²) in [6.07, 6.45) is 4.13. The van der Waals surface area contributed by atoms with Gasteiger partial charge in [-0.1, -0.05) is 72.8 Å². The highest BCUT2D eigenvalue weighted by Crippen LogP contribution is 2.17. The Balaban J connectivity index is 1.76. The van der Waals surface area contributed by atoms with Gasteiger partial charge in [-0.25, -0.2) is 0 Å². The Kier molecular flexibility index (Phi) is 6.42. The largest absolute Gasteiger partial charge is 0.377 e. The predicted molar refractivity (Wildman–Crippen MR) is 89.3 cm³/mol. The molecule has 0 bridgehead atoms. The fourth-order valence-electron chi connectivity index (χ4n) is 2.01. The molecule has 1 atom stereocenters. The van der Waals surface area contributed by atoms with Crippen LogP contribution in [-0.2, 0) is 4.74 Å². The Morgan fingerprint density at radius 3 is 2.25 bits per heavy atom. The van der Waals surface area contributed by atoms with Gasteiger partial charge >= 0.3 is 0 Å². The molecule has 0 spiro atoms. The molecule has 0 saturated carbocycles. The highest BCUT2D eigenvalue weighted by atomic mass is 32.1. The molecule has 0 aliphatic heterocycles. The molecule has 0 aromatic heterocycles. The lowest BCUT2D eigenvalue weighted by Crippen LogP contribution is -2.09. The van der Waals surface area contributed by atoms with E-state index >= 15 is 0 Å². The minimum Gasteiger partial charge on any atom is -0.377 e. The third-order valence-electron chi connectivity index (χ3n) is 3.13. The SMILES string of the molecule is SCC(COC/C=C/c1ccccc1)c1ccccc1. The van der Waals surface area contributed by atoms with E-state index < -0.39 is 0 Å². The Labute approximate surface area is 126 Å². The summed E-state index contributed by atoms with van der Waals surface area (Å²) in [6.45, 7) is 1.33. The van der Waals surface area contributed by atoms with Crippen LogP contribution in [0.2, 0.25) is 0 Å². The summed E-state index contributed by atoms with van der Waals surface area (Å²) < 4.78 is 5.73. The van der Waals surface area contributed by atoms with Crippen LogP contribution in [0.25, 0.3) is 6.08 Å². The number of thiol groups is 1. The molecule has 0 radical (unpaired) electrons. The maximum atomic E-state index is 5.73. The van der Waals surface area contributed by atoms with Gasteiger partial charge in [-0.15, -0.1) is 0 Å². The van der Waals surface area contributed by atoms with Crippen LogP contribution in [0.1, 0.15) is 17.0 Å². The van der Waals surface area contributed by atoms with Crippen molar-refractivity contribution in [3.8, 4) is 0 Å². The first-order valence-electron chi connectivity index (χ1n) is 6.85. The molecule has 1 unspecified atom stereocenters. The van der Waals surface area contributed by atoms with E-state index in [0.717, 1.165) is 5.75 Å². The van der Waals surface area contributed by atoms with Crippen LogP contribution in [0.3, 0.4) is 0 Å². The van der Waals surface area contributed by atoms with Crippen molar-refractivity contribution in [2.75, 3.05) is 19.0 Å². The molecule has 104 valence electrons. The zero-order chi connectivity index (χ0) is 14.0. The van der Waals surface area contributed by atoms with Crippen molar-refractivity contribution in [3.63, 3.8) is 0 Å². The predicted octanol–water partition coefficient (Wildman–Crippen LogP) is 4.43. The Morgan fingerprint density at radius 2 is 1.60 bits per heavy atom. The number of ether oxygens (including phenoxy) is 1. The van der Waals surface area contributed by atoms with Gasteiger partial charge in [-0.2, -0.15) is 12.6 Å². The van der Waals surface area contributed by atoms with E-state index in [2.05, 4.69) is 61.2 Å². The topological polar surface area (TPSA) is 9.23 Å². The zero-order valence-corrected chi connectivity index (χ0v) is 12.4. The number of hydrogen-bond acceptors (Lipinski definition) is 2. The molecule has 2 aromatic rings. The van der Waals surface area contributed by atoms with Crippen molar-refractivity contribution in [1.82, 2.24) is 0 Å². The van der Waals surface area contributed by atoms with Crippen LogP contribution in [0.5, 0.6) is 0 Å². The summed E-state index contributed by atoms with van der Waals surface area (Å²) in [6, 6.07) is 20.7. The Morgan fingerprint density at radius 1 is 0.950 bits per heavy atom. The van der Waals surface area contributed by atoms with Gasteiger partial charge < -0.3 is 4.74 Å². The second-order valence-corrected chi connectivity index (χ2v) is 5.01. The molecule has 2 rings (SSSR count). The molecule has 0 amide bonds. The first kappa shape index (κ1) is 14.9. The van der Waals surface area contributed by atoms with Crippen molar-refractivity contribution in [2.45, 2.75) is 5.92 Å². The number of benzene rings is 2. The van der Waals surface area contributed by atoms with E-state index in [1.165, 1.54) is 11.1 Å². The third-order valence-corrected chi connectivity index (χ3v) is 3.58. The second kappa shape index (κ2) is 8.62. The molecule has 0 fully saturated rings. The van der Waals surface area contributed by atoms with E-state index in [1.807, 2.05) is 24.3 Å². The van der Waals surface area contributed by atoms with Gasteiger partial charge in [0.25, 0.3) is 0 Å². The standard InChI is InChI=1S/C18H20OS/c20-15-18(17-11-5-2-6-12-17)14-19-13-7-10-16-8-3-1-4-9-16/h1-12,18,20H,13-15H2/b10-7+. The quantitative estimate of drug-likeness (QED) is 0.584. The van der Waals surface area contributed by atoms with Crippen LogP contribution in [0, 0.1) is 0 Å². The van der Waals surface area contributed by atoms with Gasteiger partial charge in [-0.05, 0) is 16.9 Å². The van der Waals surface area contributed by atoms with Crippen LogP contribution in [0.15, 0.2) is 66.7 Å². The highest BCUT2D eigenvalue weighted by molar-refractivity contribution is 7.80. The van der Waals surface area contributed by atoms with Crippen molar-refractivity contribution >= 4 is 18.7 Å². The van der Waals surface area contributed by atoms with Crippen LogP contribution in [-0.4, -0.2) is 19.0 Å². The minimum absolute atomic E-state index is 0.352.